The first kappa shape index (κ1) is 9.59. The summed E-state index contributed by atoms with van der Waals surface area (Å²) in [7, 11) is 1.98. The van der Waals surface area contributed by atoms with Crippen LogP contribution in [0.5, 0.6) is 0 Å². The maximum atomic E-state index is 4.59. The Hall–Kier alpha value is -0.960. The molecule has 2 rings (SSSR count). The Morgan fingerprint density at radius 1 is 1.43 bits per heavy atom. The molecule has 1 aromatic rings. The Morgan fingerprint density at radius 3 is 3.21 bits per heavy atom. The van der Waals surface area contributed by atoms with Gasteiger partial charge in [-0.3, -0.25) is 0 Å². The first-order chi connectivity index (χ1) is 6.90. The molecule has 0 saturated carbocycles. The fourth-order valence-electron chi connectivity index (χ4n) is 1.90. The average molecular weight is 191 g/mol. The van der Waals surface area contributed by atoms with Gasteiger partial charge in [0.05, 0.1) is 0 Å². The Bertz CT molecular complexity index is 309. The lowest BCUT2D eigenvalue weighted by molar-refractivity contribution is 0.698. The van der Waals surface area contributed by atoms with Gasteiger partial charge in [-0.25, -0.2) is 9.97 Å². The second-order valence-electron chi connectivity index (χ2n) is 3.82. The summed E-state index contributed by atoms with van der Waals surface area (Å²) in [5, 5.41) is 3.13. The van der Waals surface area contributed by atoms with Crippen molar-refractivity contribution in [1.29, 1.82) is 0 Å². The fourth-order valence-corrected chi connectivity index (χ4v) is 1.90. The summed E-state index contributed by atoms with van der Waals surface area (Å²) in [4.78, 5) is 8.97. The van der Waals surface area contributed by atoms with Crippen LogP contribution in [0, 0.1) is 0 Å². The van der Waals surface area contributed by atoms with E-state index < -0.39 is 0 Å². The molecule has 0 atom stereocenters. The number of fused-ring (bicyclic) bond motifs is 1. The second kappa shape index (κ2) is 4.51. The molecule has 0 aliphatic heterocycles. The van der Waals surface area contributed by atoms with Crippen molar-refractivity contribution in [3.63, 3.8) is 0 Å². The van der Waals surface area contributed by atoms with Gasteiger partial charge in [-0.05, 0) is 44.8 Å². The molecule has 1 heterocycles. The number of nitrogens with one attached hydrogen (secondary N) is 1. The quantitative estimate of drug-likeness (QED) is 0.725. The Kier molecular flexibility index (Phi) is 3.09. The topological polar surface area (TPSA) is 37.8 Å². The van der Waals surface area contributed by atoms with E-state index in [0.717, 1.165) is 31.6 Å². The van der Waals surface area contributed by atoms with Crippen molar-refractivity contribution in [2.45, 2.75) is 32.1 Å². The number of nitrogens with zero attached hydrogens (tertiary/aromatic N) is 2. The highest BCUT2D eigenvalue weighted by molar-refractivity contribution is 5.22. The minimum atomic E-state index is 0.994. The molecule has 0 spiro atoms. The number of aryl methyl sites for hydroxylation is 3. The van der Waals surface area contributed by atoms with Gasteiger partial charge >= 0.3 is 0 Å². The lowest BCUT2D eigenvalue weighted by Crippen LogP contribution is -2.09. The van der Waals surface area contributed by atoms with E-state index >= 15 is 0 Å². The van der Waals surface area contributed by atoms with E-state index in [2.05, 4.69) is 15.3 Å². The van der Waals surface area contributed by atoms with E-state index in [0.29, 0.717) is 0 Å². The summed E-state index contributed by atoms with van der Waals surface area (Å²) >= 11 is 0. The van der Waals surface area contributed by atoms with Crippen molar-refractivity contribution in [3.8, 4) is 0 Å². The summed E-state index contributed by atoms with van der Waals surface area (Å²) in [5.41, 5.74) is 2.65. The Morgan fingerprint density at radius 2 is 2.36 bits per heavy atom. The summed E-state index contributed by atoms with van der Waals surface area (Å²) in [6, 6.07) is 0. The van der Waals surface area contributed by atoms with Gasteiger partial charge in [0.2, 0.25) is 0 Å². The predicted molar refractivity (Wildman–Crippen MR) is 56.3 cm³/mol. The zero-order valence-electron chi connectivity index (χ0n) is 8.71. The molecule has 0 saturated heterocycles. The van der Waals surface area contributed by atoms with E-state index in [1.807, 2.05) is 13.2 Å². The first-order valence-corrected chi connectivity index (χ1v) is 5.38. The molecule has 3 nitrogen and oxygen atoms in total. The number of aromatic nitrogens is 2. The van der Waals surface area contributed by atoms with Crippen molar-refractivity contribution in [3.05, 3.63) is 23.3 Å². The molecule has 1 aliphatic rings. The highest BCUT2D eigenvalue weighted by atomic mass is 14.9. The summed E-state index contributed by atoms with van der Waals surface area (Å²) < 4.78 is 0. The maximum Gasteiger partial charge on any atom is 0.128 e. The third-order valence-corrected chi connectivity index (χ3v) is 2.69. The van der Waals surface area contributed by atoms with Crippen LogP contribution in [0.25, 0.3) is 0 Å². The van der Waals surface area contributed by atoms with Gasteiger partial charge < -0.3 is 5.32 Å². The molecule has 14 heavy (non-hydrogen) atoms. The number of rotatable bonds is 4. The number of hydrogen-bond acceptors (Lipinski definition) is 3. The summed E-state index contributed by atoms with van der Waals surface area (Å²) in [5.74, 6) is 1.01. The van der Waals surface area contributed by atoms with Gasteiger partial charge in [-0.15, -0.1) is 0 Å². The van der Waals surface area contributed by atoms with E-state index in [9.17, 15) is 0 Å². The van der Waals surface area contributed by atoms with Gasteiger partial charge in [0, 0.05) is 18.3 Å². The third-order valence-electron chi connectivity index (χ3n) is 2.69. The van der Waals surface area contributed by atoms with Crippen LogP contribution in [-0.4, -0.2) is 23.6 Å². The number of hydrogen-bond donors (Lipinski definition) is 1. The molecule has 0 radical (unpaired) electrons. The van der Waals surface area contributed by atoms with Crippen LogP contribution in [0.3, 0.4) is 0 Å². The van der Waals surface area contributed by atoms with Gasteiger partial charge in [0.1, 0.15) is 5.82 Å². The molecule has 0 amide bonds. The minimum Gasteiger partial charge on any atom is -0.320 e. The van der Waals surface area contributed by atoms with Gasteiger partial charge in [0.25, 0.3) is 0 Å². The van der Waals surface area contributed by atoms with Gasteiger partial charge in [-0.2, -0.15) is 0 Å². The van der Waals surface area contributed by atoms with Crippen molar-refractivity contribution in [2.75, 3.05) is 13.6 Å². The van der Waals surface area contributed by atoms with Crippen LogP contribution in [0.2, 0.25) is 0 Å². The van der Waals surface area contributed by atoms with Crippen LogP contribution in [0.4, 0.5) is 0 Å². The van der Waals surface area contributed by atoms with Crippen LogP contribution >= 0.6 is 0 Å². The van der Waals surface area contributed by atoms with Gasteiger partial charge in [0.15, 0.2) is 0 Å². The molecule has 1 N–H and O–H groups in total. The van der Waals surface area contributed by atoms with E-state index in [1.54, 1.807) is 0 Å². The monoisotopic (exact) mass is 191 g/mol. The Labute approximate surface area is 85.0 Å². The van der Waals surface area contributed by atoms with Gasteiger partial charge in [-0.1, -0.05) is 0 Å². The average Bonchev–Trinajstić information content (AvgIpc) is 2.65. The normalized spacial score (nSPS) is 14.4. The second-order valence-corrected chi connectivity index (χ2v) is 3.82. The molecule has 0 bridgehead atoms. The van der Waals surface area contributed by atoms with Crippen LogP contribution in [0.1, 0.15) is 29.9 Å². The highest BCUT2D eigenvalue weighted by Gasteiger charge is 2.12. The molecule has 76 valence electrons. The zero-order valence-corrected chi connectivity index (χ0v) is 8.71. The maximum absolute atomic E-state index is 4.59. The lowest BCUT2D eigenvalue weighted by atomic mass is 10.2. The zero-order chi connectivity index (χ0) is 9.80. The van der Waals surface area contributed by atoms with Crippen molar-refractivity contribution < 1.29 is 0 Å². The van der Waals surface area contributed by atoms with Crippen LogP contribution in [-0.2, 0) is 19.3 Å². The molecular formula is C11H17N3. The lowest BCUT2D eigenvalue weighted by Gasteiger charge is -2.02. The van der Waals surface area contributed by atoms with Crippen molar-refractivity contribution >= 4 is 0 Å². The fraction of sp³-hybridized carbons (Fsp3) is 0.636. The molecule has 0 aromatic carbocycles. The molecule has 0 fully saturated rings. The van der Waals surface area contributed by atoms with Crippen LogP contribution < -0.4 is 5.32 Å². The highest BCUT2D eigenvalue weighted by Crippen LogP contribution is 2.18. The third kappa shape index (κ3) is 2.10. The molecular weight excluding hydrogens is 174 g/mol. The molecule has 0 unspecified atom stereocenters. The van der Waals surface area contributed by atoms with Crippen molar-refractivity contribution in [2.24, 2.45) is 0 Å². The minimum absolute atomic E-state index is 0.994. The standard InChI is InChI=1S/C11H17N3/c1-12-7-3-6-11-13-8-9-4-2-5-10(9)14-11/h8,12H,2-7H2,1H3. The van der Waals surface area contributed by atoms with E-state index in [1.165, 1.54) is 24.1 Å². The van der Waals surface area contributed by atoms with E-state index in [4.69, 9.17) is 0 Å². The molecule has 1 aliphatic carbocycles. The SMILES string of the molecule is CNCCCc1ncc2c(n1)CCC2. The van der Waals surface area contributed by atoms with Crippen molar-refractivity contribution in [1.82, 2.24) is 15.3 Å². The summed E-state index contributed by atoms with van der Waals surface area (Å²) in [6.45, 7) is 1.04. The largest absolute Gasteiger partial charge is 0.320 e. The summed E-state index contributed by atoms with van der Waals surface area (Å²) in [6.07, 6.45) is 7.71. The Balaban J connectivity index is 1.98. The molecule has 1 aromatic heterocycles. The van der Waals surface area contributed by atoms with Crippen LogP contribution in [0.15, 0.2) is 6.20 Å². The van der Waals surface area contributed by atoms with E-state index in [-0.39, 0.29) is 0 Å². The smallest absolute Gasteiger partial charge is 0.128 e. The predicted octanol–water partition coefficient (Wildman–Crippen LogP) is 1.12. The molecule has 3 heteroatoms. The first-order valence-electron chi connectivity index (χ1n) is 5.38.